The zero-order chi connectivity index (χ0) is 13.6. The largest absolute Gasteiger partial charge is 0.481 e. The van der Waals surface area contributed by atoms with Gasteiger partial charge in [-0.2, -0.15) is 0 Å². The Morgan fingerprint density at radius 2 is 2.22 bits per heavy atom. The Kier molecular flexibility index (Phi) is 5.24. The van der Waals surface area contributed by atoms with Gasteiger partial charge in [0.2, 0.25) is 10.0 Å². The summed E-state index contributed by atoms with van der Waals surface area (Å²) in [6.45, 7) is 1.98. The smallest absolute Gasteiger partial charge is 0.303 e. The number of nitrogens with zero attached hydrogens (tertiary/aromatic N) is 1. The number of carbonyl (C=O) groups is 1. The molecule has 0 radical (unpaired) electrons. The fraction of sp³-hybridized carbons (Fsp3) is 0.455. The molecular formula is C11H16N2O4S. The maximum Gasteiger partial charge on any atom is 0.303 e. The molecule has 0 aliphatic carbocycles. The van der Waals surface area contributed by atoms with Crippen molar-refractivity contribution in [2.75, 3.05) is 5.75 Å². The summed E-state index contributed by atoms with van der Waals surface area (Å²) in [5, 5.41) is 8.43. The quantitative estimate of drug-likeness (QED) is 0.760. The number of hydrogen-bond acceptors (Lipinski definition) is 4. The van der Waals surface area contributed by atoms with Crippen LogP contribution in [-0.2, 0) is 21.4 Å². The Balaban J connectivity index is 2.47. The minimum Gasteiger partial charge on any atom is -0.481 e. The molecule has 0 unspecified atom stereocenters. The van der Waals surface area contributed by atoms with Gasteiger partial charge in [-0.05, 0) is 25.0 Å². The summed E-state index contributed by atoms with van der Waals surface area (Å²) >= 11 is 0. The van der Waals surface area contributed by atoms with Crippen LogP contribution in [0.15, 0.2) is 18.3 Å². The molecule has 0 saturated heterocycles. The first-order valence-electron chi connectivity index (χ1n) is 5.50. The van der Waals surface area contributed by atoms with Crippen LogP contribution < -0.4 is 4.72 Å². The summed E-state index contributed by atoms with van der Waals surface area (Å²) < 4.78 is 25.5. The van der Waals surface area contributed by atoms with Gasteiger partial charge in [0, 0.05) is 12.6 Å². The molecule has 6 nitrogen and oxygen atoms in total. The lowest BCUT2D eigenvalue weighted by molar-refractivity contribution is -0.137. The number of aryl methyl sites for hydroxylation is 1. The molecule has 0 atom stereocenters. The molecule has 0 aliphatic heterocycles. The third-order valence-electron chi connectivity index (χ3n) is 2.38. The average Bonchev–Trinajstić information content (AvgIpc) is 2.27. The van der Waals surface area contributed by atoms with Crippen molar-refractivity contribution in [3.63, 3.8) is 0 Å². The van der Waals surface area contributed by atoms with Crippen molar-refractivity contribution in [2.45, 2.75) is 26.3 Å². The molecule has 0 aromatic carbocycles. The fourth-order valence-corrected chi connectivity index (χ4v) is 2.39. The summed E-state index contributed by atoms with van der Waals surface area (Å²) in [5.74, 6) is -1.18. The predicted octanol–water partition coefficient (Wildman–Crippen LogP) is 0.674. The summed E-state index contributed by atoms with van der Waals surface area (Å²) in [6, 6.07) is 3.63. The van der Waals surface area contributed by atoms with Crippen LogP contribution in [0.25, 0.3) is 0 Å². The van der Waals surface area contributed by atoms with Crippen molar-refractivity contribution >= 4 is 16.0 Å². The Morgan fingerprint density at radius 1 is 1.50 bits per heavy atom. The van der Waals surface area contributed by atoms with E-state index < -0.39 is 16.0 Å². The molecule has 1 aromatic rings. The van der Waals surface area contributed by atoms with Crippen molar-refractivity contribution < 1.29 is 18.3 Å². The molecule has 100 valence electrons. The number of rotatable bonds is 7. The molecule has 0 bridgehead atoms. The highest BCUT2D eigenvalue weighted by molar-refractivity contribution is 7.89. The zero-order valence-corrected chi connectivity index (χ0v) is 10.9. The summed E-state index contributed by atoms with van der Waals surface area (Å²) in [5.41, 5.74) is 1.57. The SMILES string of the molecule is Cc1cccnc1CNS(=O)(=O)CCCC(=O)O. The first-order chi connectivity index (χ1) is 8.41. The Morgan fingerprint density at radius 3 is 2.83 bits per heavy atom. The summed E-state index contributed by atoms with van der Waals surface area (Å²) in [6.07, 6.45) is 1.55. The van der Waals surface area contributed by atoms with Crippen LogP contribution in [0.1, 0.15) is 24.1 Å². The van der Waals surface area contributed by atoms with E-state index in [0.717, 1.165) is 5.56 Å². The first kappa shape index (κ1) is 14.6. The van der Waals surface area contributed by atoms with E-state index in [-0.39, 0.29) is 25.1 Å². The average molecular weight is 272 g/mol. The number of aromatic nitrogens is 1. The zero-order valence-electron chi connectivity index (χ0n) is 10.1. The van der Waals surface area contributed by atoms with Crippen LogP contribution in [0.2, 0.25) is 0 Å². The molecule has 0 saturated carbocycles. The molecule has 0 spiro atoms. The second-order valence-corrected chi connectivity index (χ2v) is 5.83. The molecule has 0 amide bonds. The second-order valence-electron chi connectivity index (χ2n) is 3.90. The van der Waals surface area contributed by atoms with Crippen molar-refractivity contribution in [1.29, 1.82) is 0 Å². The van der Waals surface area contributed by atoms with Crippen molar-refractivity contribution in [3.8, 4) is 0 Å². The normalized spacial score (nSPS) is 11.4. The minimum absolute atomic E-state index is 0.103. The third kappa shape index (κ3) is 5.24. The molecule has 1 heterocycles. The highest BCUT2D eigenvalue weighted by Crippen LogP contribution is 2.03. The van der Waals surface area contributed by atoms with Crippen molar-refractivity contribution in [2.24, 2.45) is 0 Å². The van der Waals surface area contributed by atoms with Crippen molar-refractivity contribution in [3.05, 3.63) is 29.6 Å². The van der Waals surface area contributed by atoms with Gasteiger partial charge in [-0.15, -0.1) is 0 Å². The Hall–Kier alpha value is -1.47. The van der Waals surface area contributed by atoms with Gasteiger partial charge in [-0.1, -0.05) is 6.07 Å². The second kappa shape index (κ2) is 6.46. The number of hydrogen-bond donors (Lipinski definition) is 2. The number of carboxylic acids is 1. The summed E-state index contributed by atoms with van der Waals surface area (Å²) in [4.78, 5) is 14.4. The number of carboxylic acid groups (broad SMARTS) is 1. The number of pyridine rings is 1. The lowest BCUT2D eigenvalue weighted by Crippen LogP contribution is -2.27. The van der Waals surface area contributed by atoms with E-state index in [1.165, 1.54) is 0 Å². The Bertz CT molecular complexity index is 514. The number of aliphatic carboxylic acids is 1. The van der Waals surface area contributed by atoms with Gasteiger partial charge in [-0.3, -0.25) is 9.78 Å². The molecule has 0 aliphatic rings. The highest BCUT2D eigenvalue weighted by Gasteiger charge is 2.11. The third-order valence-corrected chi connectivity index (χ3v) is 3.79. The minimum atomic E-state index is -3.45. The molecular weight excluding hydrogens is 256 g/mol. The van der Waals surface area contributed by atoms with Crippen LogP contribution in [0.3, 0.4) is 0 Å². The van der Waals surface area contributed by atoms with Crippen LogP contribution in [0, 0.1) is 6.92 Å². The van der Waals surface area contributed by atoms with Gasteiger partial charge in [0.25, 0.3) is 0 Å². The van der Waals surface area contributed by atoms with E-state index in [1.54, 1.807) is 12.3 Å². The van der Waals surface area contributed by atoms with E-state index in [4.69, 9.17) is 5.11 Å². The van der Waals surface area contributed by atoms with Gasteiger partial charge >= 0.3 is 5.97 Å². The van der Waals surface area contributed by atoms with E-state index in [0.29, 0.717) is 5.69 Å². The molecule has 18 heavy (non-hydrogen) atoms. The monoisotopic (exact) mass is 272 g/mol. The van der Waals surface area contributed by atoms with E-state index in [9.17, 15) is 13.2 Å². The summed E-state index contributed by atoms with van der Waals surface area (Å²) in [7, 11) is -3.45. The van der Waals surface area contributed by atoms with E-state index >= 15 is 0 Å². The standard InChI is InChI=1S/C11H16N2O4S/c1-9-4-2-6-12-10(9)8-13-18(16,17)7-3-5-11(14)15/h2,4,6,13H,3,5,7-8H2,1H3,(H,14,15). The lowest BCUT2D eigenvalue weighted by Gasteiger charge is -2.07. The van der Waals surface area contributed by atoms with Gasteiger partial charge in [-0.25, -0.2) is 13.1 Å². The molecule has 7 heteroatoms. The van der Waals surface area contributed by atoms with Gasteiger partial charge in [0.15, 0.2) is 0 Å². The fourth-order valence-electron chi connectivity index (χ4n) is 1.37. The van der Waals surface area contributed by atoms with Crippen LogP contribution in [0.4, 0.5) is 0 Å². The van der Waals surface area contributed by atoms with Gasteiger partial charge in [0.1, 0.15) is 0 Å². The van der Waals surface area contributed by atoms with Gasteiger partial charge in [0.05, 0.1) is 18.0 Å². The molecule has 2 N–H and O–H groups in total. The van der Waals surface area contributed by atoms with Crippen LogP contribution in [-0.4, -0.2) is 30.2 Å². The highest BCUT2D eigenvalue weighted by atomic mass is 32.2. The van der Waals surface area contributed by atoms with E-state index in [1.807, 2.05) is 13.0 Å². The molecule has 1 aromatic heterocycles. The Labute approximate surface area is 106 Å². The van der Waals surface area contributed by atoms with Crippen LogP contribution in [0.5, 0.6) is 0 Å². The lowest BCUT2D eigenvalue weighted by atomic mass is 10.2. The van der Waals surface area contributed by atoms with E-state index in [2.05, 4.69) is 9.71 Å². The number of nitrogens with one attached hydrogen (secondary N) is 1. The van der Waals surface area contributed by atoms with Crippen molar-refractivity contribution in [1.82, 2.24) is 9.71 Å². The van der Waals surface area contributed by atoms with Crippen LogP contribution >= 0.6 is 0 Å². The molecule has 1 rings (SSSR count). The maximum absolute atomic E-state index is 11.6. The van der Waals surface area contributed by atoms with Gasteiger partial charge < -0.3 is 5.11 Å². The predicted molar refractivity (Wildman–Crippen MR) is 66.5 cm³/mol. The first-order valence-corrected chi connectivity index (χ1v) is 7.15. The topological polar surface area (TPSA) is 96.4 Å². The molecule has 0 fully saturated rings. The number of sulfonamides is 1. The maximum atomic E-state index is 11.6.